The highest BCUT2D eigenvalue weighted by Crippen LogP contribution is 2.45. The van der Waals surface area contributed by atoms with Crippen molar-refractivity contribution < 1.29 is 23.1 Å². The monoisotopic (exact) mass is 546 g/mol. The number of rotatable bonds is 13. The van der Waals surface area contributed by atoms with Crippen molar-refractivity contribution in [2.75, 3.05) is 25.5 Å². The number of nitrogens with one attached hydrogen (secondary N) is 2. The predicted molar refractivity (Wildman–Crippen MR) is 137 cm³/mol. The van der Waals surface area contributed by atoms with Crippen molar-refractivity contribution in [3.05, 3.63) is 43.0 Å². The van der Waals surface area contributed by atoms with Crippen LogP contribution < -0.4 is 16.3 Å². The van der Waals surface area contributed by atoms with Gasteiger partial charge in [0.25, 0.3) is 5.56 Å². The SMILES string of the molecule is CCCCNP(=O)(OCCSC(=O)C(C)(C)C)OC[C@H]1O[C@@H](n2cc(C)c(=O)[nH]c2=O)C[C@@H]1N=[N+]=[N-]. The van der Waals surface area contributed by atoms with Crippen molar-refractivity contribution in [2.24, 2.45) is 10.5 Å². The van der Waals surface area contributed by atoms with Crippen LogP contribution in [0.3, 0.4) is 0 Å². The third-order valence-corrected chi connectivity index (χ3v) is 8.16. The minimum Gasteiger partial charge on any atom is -0.352 e. The van der Waals surface area contributed by atoms with Gasteiger partial charge in [0.05, 0.1) is 25.4 Å². The lowest BCUT2D eigenvalue weighted by molar-refractivity contribution is -0.117. The number of H-pyrrole nitrogens is 1. The molecule has 1 saturated heterocycles. The Morgan fingerprint density at radius 3 is 2.78 bits per heavy atom. The number of carbonyl (C=O) groups is 1. The topological polar surface area (TPSA) is 177 Å². The van der Waals surface area contributed by atoms with E-state index in [4.69, 9.17) is 19.3 Å². The van der Waals surface area contributed by atoms with Gasteiger partial charge in [0, 0.05) is 40.8 Å². The largest absolute Gasteiger partial charge is 0.405 e. The molecule has 0 saturated carbocycles. The summed E-state index contributed by atoms with van der Waals surface area (Å²) in [6.07, 6.45) is 1.51. The molecule has 2 heterocycles. The fourth-order valence-corrected chi connectivity index (χ4v) is 5.50. The van der Waals surface area contributed by atoms with E-state index in [0.717, 1.165) is 24.6 Å². The molecular formula is C21H35N6O7PS. The van der Waals surface area contributed by atoms with Gasteiger partial charge in [-0.3, -0.25) is 28.2 Å². The molecule has 1 fully saturated rings. The zero-order chi connectivity index (χ0) is 26.9. The number of hydrogen-bond acceptors (Lipinski definition) is 9. The minimum atomic E-state index is -3.77. The highest BCUT2D eigenvalue weighted by molar-refractivity contribution is 8.13. The lowest BCUT2D eigenvalue weighted by Gasteiger charge is -2.23. The average Bonchev–Trinajstić information content (AvgIpc) is 3.20. The van der Waals surface area contributed by atoms with Crippen LogP contribution in [0.5, 0.6) is 0 Å². The number of thioether (sulfide) groups is 1. The Hall–Kier alpha value is -1.92. The summed E-state index contributed by atoms with van der Waals surface area (Å²) in [7, 11) is -3.77. The summed E-state index contributed by atoms with van der Waals surface area (Å²) in [5.41, 5.74) is 7.64. The number of aromatic nitrogens is 2. The molecule has 0 spiro atoms. The van der Waals surface area contributed by atoms with E-state index >= 15 is 0 Å². The predicted octanol–water partition coefficient (Wildman–Crippen LogP) is 3.65. The third kappa shape index (κ3) is 8.88. The lowest BCUT2D eigenvalue weighted by atomic mass is 10.00. The van der Waals surface area contributed by atoms with E-state index in [2.05, 4.69) is 20.1 Å². The highest BCUT2D eigenvalue weighted by Gasteiger charge is 2.38. The second kappa shape index (κ2) is 13.6. The maximum atomic E-state index is 13.3. The summed E-state index contributed by atoms with van der Waals surface area (Å²) in [5, 5.41) is 6.55. The van der Waals surface area contributed by atoms with Crippen LogP contribution in [0.1, 0.15) is 58.7 Å². The molecule has 0 radical (unpaired) electrons. The van der Waals surface area contributed by atoms with Gasteiger partial charge in [0.1, 0.15) is 6.23 Å². The number of nitrogens with zero attached hydrogens (tertiary/aromatic N) is 4. The first-order valence-electron chi connectivity index (χ1n) is 11.7. The third-order valence-electron chi connectivity index (χ3n) is 5.29. The van der Waals surface area contributed by atoms with Crippen LogP contribution in [-0.4, -0.2) is 52.3 Å². The van der Waals surface area contributed by atoms with Crippen LogP contribution in [-0.2, 0) is 23.1 Å². The zero-order valence-corrected chi connectivity index (χ0v) is 23.0. The number of aryl methyl sites for hydroxylation is 1. The highest BCUT2D eigenvalue weighted by atomic mass is 32.2. The molecular weight excluding hydrogens is 511 g/mol. The van der Waals surface area contributed by atoms with Crippen LogP contribution in [0.25, 0.3) is 10.4 Å². The first-order valence-corrected chi connectivity index (χ1v) is 14.3. The molecule has 202 valence electrons. The Morgan fingerprint density at radius 2 is 2.14 bits per heavy atom. The number of carbonyl (C=O) groups excluding carboxylic acids is 1. The van der Waals surface area contributed by atoms with Gasteiger partial charge in [-0.1, -0.05) is 51.0 Å². The van der Waals surface area contributed by atoms with Crippen molar-refractivity contribution >= 4 is 24.6 Å². The molecule has 0 aliphatic carbocycles. The molecule has 1 aromatic rings. The van der Waals surface area contributed by atoms with E-state index in [1.807, 2.05) is 27.7 Å². The standard InChI is InChI=1S/C21H35N6O7PS/c1-6-7-8-23-35(31,32-9-10-36-19(29)21(3,4)5)33-13-16-15(25-26-22)11-17(34-16)27-12-14(2)18(28)24-20(27)30/h12,15-17H,6-11,13H2,1-5H3,(H,23,31)(H,24,28,30)/t15-,16+,17+,35?/m0/s1. The second-order valence-electron chi connectivity index (χ2n) is 9.39. The molecule has 1 unspecified atom stereocenters. The van der Waals surface area contributed by atoms with Crippen molar-refractivity contribution in [1.82, 2.24) is 14.6 Å². The maximum Gasteiger partial charge on any atom is 0.405 e. The van der Waals surface area contributed by atoms with Crippen molar-refractivity contribution in [3.8, 4) is 0 Å². The summed E-state index contributed by atoms with van der Waals surface area (Å²) in [5.74, 6) is 0.302. The molecule has 13 nitrogen and oxygen atoms in total. The Morgan fingerprint density at radius 1 is 1.42 bits per heavy atom. The van der Waals surface area contributed by atoms with Gasteiger partial charge in [0.2, 0.25) is 0 Å². The van der Waals surface area contributed by atoms with Gasteiger partial charge in [0.15, 0.2) is 5.12 Å². The fourth-order valence-electron chi connectivity index (χ4n) is 3.22. The number of hydrogen-bond donors (Lipinski definition) is 2. The molecule has 2 rings (SSSR count). The van der Waals surface area contributed by atoms with Gasteiger partial charge in [-0.15, -0.1) is 0 Å². The molecule has 4 atom stereocenters. The van der Waals surface area contributed by atoms with Crippen LogP contribution in [0.15, 0.2) is 20.9 Å². The number of aromatic amines is 1. The van der Waals surface area contributed by atoms with E-state index in [-0.39, 0.29) is 24.7 Å². The molecule has 36 heavy (non-hydrogen) atoms. The smallest absolute Gasteiger partial charge is 0.352 e. The van der Waals surface area contributed by atoms with Crippen LogP contribution in [0, 0.1) is 12.3 Å². The van der Waals surface area contributed by atoms with Crippen LogP contribution >= 0.6 is 19.5 Å². The van der Waals surface area contributed by atoms with Gasteiger partial charge in [-0.05, 0) is 18.9 Å². The van der Waals surface area contributed by atoms with Gasteiger partial charge >= 0.3 is 13.4 Å². The van der Waals surface area contributed by atoms with E-state index in [9.17, 15) is 18.9 Å². The lowest BCUT2D eigenvalue weighted by Crippen LogP contribution is -2.33. The minimum absolute atomic E-state index is 0.00358. The van der Waals surface area contributed by atoms with Crippen molar-refractivity contribution in [3.63, 3.8) is 0 Å². The van der Waals surface area contributed by atoms with Crippen LogP contribution in [0.4, 0.5) is 0 Å². The molecule has 1 aliphatic heterocycles. The van der Waals surface area contributed by atoms with E-state index in [1.165, 1.54) is 10.8 Å². The Labute approximate surface area is 213 Å². The summed E-state index contributed by atoms with van der Waals surface area (Å²) in [6, 6.07) is -0.705. The van der Waals surface area contributed by atoms with E-state index in [0.29, 0.717) is 17.9 Å². The molecule has 1 aliphatic rings. The normalized spacial score (nSPS) is 21.6. The van der Waals surface area contributed by atoms with Gasteiger partial charge in [-0.2, -0.15) is 0 Å². The summed E-state index contributed by atoms with van der Waals surface area (Å²) in [4.78, 5) is 41.1. The number of unbranched alkanes of at least 4 members (excludes halogenated alkanes) is 1. The second-order valence-corrected chi connectivity index (χ2v) is 12.3. The molecule has 0 amide bonds. The van der Waals surface area contributed by atoms with E-state index in [1.54, 1.807) is 6.92 Å². The number of ether oxygens (including phenoxy) is 1. The first-order chi connectivity index (χ1) is 16.9. The van der Waals surface area contributed by atoms with Crippen LogP contribution in [0.2, 0.25) is 0 Å². The van der Waals surface area contributed by atoms with E-state index < -0.39 is 42.8 Å². The summed E-state index contributed by atoms with van der Waals surface area (Å²) in [6.45, 7) is 9.17. The van der Waals surface area contributed by atoms with Gasteiger partial charge < -0.3 is 4.74 Å². The molecule has 2 N–H and O–H groups in total. The summed E-state index contributed by atoms with van der Waals surface area (Å²) >= 11 is 1.10. The Kier molecular flexibility index (Phi) is 11.4. The Bertz CT molecular complexity index is 1110. The average molecular weight is 547 g/mol. The van der Waals surface area contributed by atoms with Gasteiger partial charge in [-0.25, -0.2) is 14.4 Å². The van der Waals surface area contributed by atoms with Crippen molar-refractivity contribution in [1.29, 1.82) is 0 Å². The summed E-state index contributed by atoms with van der Waals surface area (Å²) < 4.78 is 31.6. The quantitative estimate of drug-likeness (QED) is 0.123. The molecule has 0 bridgehead atoms. The maximum absolute atomic E-state index is 13.3. The Balaban J connectivity index is 2.07. The first kappa shape index (κ1) is 30.3. The molecule has 15 heteroatoms. The zero-order valence-electron chi connectivity index (χ0n) is 21.3. The van der Waals surface area contributed by atoms with Crippen molar-refractivity contribution in [2.45, 2.75) is 72.3 Å². The molecule has 0 aromatic carbocycles. The number of azide groups is 1. The molecule has 1 aromatic heterocycles. The fraction of sp³-hybridized carbons (Fsp3) is 0.762.